The first-order valence-corrected chi connectivity index (χ1v) is 9.45. The number of hydrogen-bond donors (Lipinski definition) is 0. The molecule has 4 saturated carbocycles. The van der Waals surface area contributed by atoms with Gasteiger partial charge in [-0.05, 0) is 80.1 Å². The molecule has 0 aromatic heterocycles. The molecule has 1 aromatic carbocycles. The highest BCUT2D eigenvalue weighted by Crippen LogP contribution is 2.60. The van der Waals surface area contributed by atoms with Crippen molar-refractivity contribution in [1.82, 2.24) is 0 Å². The van der Waals surface area contributed by atoms with Crippen molar-refractivity contribution < 1.29 is 14.3 Å². The molecular formula is C22H23NO3. The Morgan fingerprint density at radius 1 is 1.08 bits per heavy atom. The Kier molecular flexibility index (Phi) is 4.40. The summed E-state index contributed by atoms with van der Waals surface area (Å²) in [5.41, 5.74) is 1.17. The predicted octanol–water partition coefficient (Wildman–Crippen LogP) is 3.90. The van der Waals surface area contributed by atoms with Crippen LogP contribution in [0.1, 0.15) is 49.7 Å². The lowest BCUT2D eigenvalue weighted by molar-refractivity contribution is -0.155. The number of rotatable bonds is 5. The van der Waals surface area contributed by atoms with E-state index in [1.807, 2.05) is 0 Å². The van der Waals surface area contributed by atoms with Crippen LogP contribution in [0.3, 0.4) is 0 Å². The van der Waals surface area contributed by atoms with Crippen LogP contribution in [0, 0.1) is 34.5 Å². The van der Waals surface area contributed by atoms with Crippen LogP contribution in [0.15, 0.2) is 30.3 Å². The number of carbonyl (C=O) groups is 2. The maximum absolute atomic E-state index is 12.8. The number of nitriles is 1. The summed E-state index contributed by atoms with van der Waals surface area (Å²) in [6.45, 7) is -0.108. The molecule has 0 saturated heterocycles. The van der Waals surface area contributed by atoms with Crippen LogP contribution in [0.5, 0.6) is 0 Å². The molecule has 4 fully saturated rings. The summed E-state index contributed by atoms with van der Waals surface area (Å²) in [6, 6.07) is 8.98. The van der Waals surface area contributed by atoms with Gasteiger partial charge in [-0.3, -0.25) is 4.79 Å². The van der Waals surface area contributed by atoms with E-state index in [9.17, 15) is 9.59 Å². The smallest absolute Gasteiger partial charge is 0.331 e. The fourth-order valence-corrected chi connectivity index (χ4v) is 5.62. The van der Waals surface area contributed by atoms with Gasteiger partial charge in [0.05, 0.1) is 11.6 Å². The van der Waals surface area contributed by atoms with Crippen molar-refractivity contribution in [3.8, 4) is 6.07 Å². The normalized spacial score (nSPS) is 31.7. The first kappa shape index (κ1) is 17.0. The van der Waals surface area contributed by atoms with E-state index in [1.54, 1.807) is 30.3 Å². The van der Waals surface area contributed by atoms with Gasteiger partial charge in [0.2, 0.25) is 0 Å². The van der Waals surface area contributed by atoms with Crippen LogP contribution >= 0.6 is 0 Å². The number of Topliss-reactive ketones (excluding diaryl/α,β-unsaturated/α-hetero) is 1. The van der Waals surface area contributed by atoms with Gasteiger partial charge in [-0.2, -0.15) is 5.26 Å². The quantitative estimate of drug-likeness (QED) is 0.597. The van der Waals surface area contributed by atoms with Gasteiger partial charge in [0.1, 0.15) is 0 Å². The molecule has 0 aliphatic heterocycles. The third kappa shape index (κ3) is 3.31. The fourth-order valence-electron chi connectivity index (χ4n) is 5.62. The lowest BCUT2D eigenvalue weighted by Crippen LogP contribution is -2.51. The maximum Gasteiger partial charge on any atom is 0.331 e. The minimum atomic E-state index is -0.493. The second-order valence-electron chi connectivity index (χ2n) is 8.30. The van der Waals surface area contributed by atoms with Crippen molar-refractivity contribution in [2.75, 3.05) is 6.61 Å². The fraction of sp³-hybridized carbons (Fsp3) is 0.500. The van der Waals surface area contributed by atoms with E-state index in [1.165, 1.54) is 25.3 Å². The third-order valence-corrected chi connectivity index (χ3v) is 6.43. The lowest BCUT2D eigenvalue weighted by Gasteiger charge is -2.55. The summed E-state index contributed by atoms with van der Waals surface area (Å²) in [5, 5.41) is 8.78. The van der Waals surface area contributed by atoms with E-state index >= 15 is 0 Å². The second kappa shape index (κ2) is 6.72. The van der Waals surface area contributed by atoms with Crippen molar-refractivity contribution >= 4 is 17.8 Å². The van der Waals surface area contributed by atoms with Crippen LogP contribution < -0.4 is 0 Å². The minimum absolute atomic E-state index is 0.108. The van der Waals surface area contributed by atoms with E-state index in [0.717, 1.165) is 24.8 Å². The summed E-state index contributed by atoms with van der Waals surface area (Å²) in [5.74, 6) is 1.75. The minimum Gasteiger partial charge on any atom is -0.455 e. The third-order valence-electron chi connectivity index (χ3n) is 6.43. The lowest BCUT2D eigenvalue weighted by atomic mass is 9.48. The number of carbonyl (C=O) groups excluding carboxylic acids is 2. The van der Waals surface area contributed by atoms with E-state index in [0.29, 0.717) is 23.3 Å². The highest BCUT2D eigenvalue weighted by molar-refractivity contribution is 5.91. The van der Waals surface area contributed by atoms with Crippen LogP contribution in [-0.2, 0) is 14.3 Å². The van der Waals surface area contributed by atoms with Gasteiger partial charge >= 0.3 is 5.97 Å². The first-order chi connectivity index (χ1) is 12.6. The Morgan fingerprint density at radius 2 is 1.65 bits per heavy atom. The van der Waals surface area contributed by atoms with Crippen LogP contribution in [0.25, 0.3) is 6.08 Å². The van der Waals surface area contributed by atoms with Crippen LogP contribution in [-0.4, -0.2) is 18.4 Å². The Labute approximate surface area is 153 Å². The van der Waals surface area contributed by atoms with E-state index in [2.05, 4.69) is 6.07 Å². The highest BCUT2D eigenvalue weighted by Gasteiger charge is 2.54. The Morgan fingerprint density at radius 3 is 2.19 bits per heavy atom. The number of hydrogen-bond acceptors (Lipinski definition) is 4. The van der Waals surface area contributed by atoms with Gasteiger partial charge in [0.15, 0.2) is 12.4 Å². The molecule has 0 unspecified atom stereocenters. The van der Waals surface area contributed by atoms with E-state index in [4.69, 9.17) is 10.00 Å². The number of benzene rings is 1. The van der Waals surface area contributed by atoms with Crippen LogP contribution in [0.4, 0.5) is 0 Å². The Bertz CT molecular complexity index is 749. The zero-order valence-electron chi connectivity index (χ0n) is 14.8. The topological polar surface area (TPSA) is 67.2 Å². The van der Waals surface area contributed by atoms with Crippen molar-refractivity contribution in [3.05, 3.63) is 41.5 Å². The Hall–Kier alpha value is -2.41. The zero-order chi connectivity index (χ0) is 18.1. The number of ketones is 1. The summed E-state index contributed by atoms with van der Waals surface area (Å²) in [4.78, 5) is 24.8. The van der Waals surface area contributed by atoms with Gasteiger partial charge in [-0.15, -0.1) is 0 Å². The molecule has 0 atom stereocenters. The van der Waals surface area contributed by atoms with Crippen molar-refractivity contribution in [3.63, 3.8) is 0 Å². The molecule has 5 rings (SSSR count). The van der Waals surface area contributed by atoms with Gasteiger partial charge in [0, 0.05) is 11.5 Å². The molecule has 4 aliphatic carbocycles. The van der Waals surface area contributed by atoms with Crippen molar-refractivity contribution in [2.24, 2.45) is 23.2 Å². The second-order valence-corrected chi connectivity index (χ2v) is 8.30. The summed E-state index contributed by atoms with van der Waals surface area (Å²) >= 11 is 0. The van der Waals surface area contributed by atoms with Gasteiger partial charge < -0.3 is 4.74 Å². The molecule has 0 radical (unpaired) electrons. The molecule has 4 aliphatic rings. The van der Waals surface area contributed by atoms with Gasteiger partial charge in [-0.25, -0.2) is 4.79 Å². The molecule has 4 nitrogen and oxygen atoms in total. The number of ether oxygens (including phenoxy) is 1. The molecular weight excluding hydrogens is 326 g/mol. The van der Waals surface area contributed by atoms with E-state index < -0.39 is 5.97 Å². The number of esters is 1. The average molecular weight is 349 g/mol. The van der Waals surface area contributed by atoms with Gasteiger partial charge in [-0.1, -0.05) is 12.1 Å². The van der Waals surface area contributed by atoms with E-state index in [-0.39, 0.29) is 17.8 Å². The summed E-state index contributed by atoms with van der Waals surface area (Å²) < 4.78 is 5.23. The first-order valence-electron chi connectivity index (χ1n) is 9.45. The summed E-state index contributed by atoms with van der Waals surface area (Å²) in [7, 11) is 0. The summed E-state index contributed by atoms with van der Waals surface area (Å²) in [6.07, 6.45) is 9.84. The largest absolute Gasteiger partial charge is 0.455 e. The molecule has 4 bridgehead atoms. The Balaban J connectivity index is 1.32. The molecule has 0 amide bonds. The van der Waals surface area contributed by atoms with Crippen molar-refractivity contribution in [2.45, 2.75) is 38.5 Å². The molecule has 4 heteroatoms. The molecule has 1 aromatic rings. The van der Waals surface area contributed by atoms with Crippen molar-refractivity contribution in [1.29, 1.82) is 5.26 Å². The molecule has 0 N–H and O–H groups in total. The molecule has 134 valence electrons. The molecule has 0 heterocycles. The van der Waals surface area contributed by atoms with Gasteiger partial charge in [0.25, 0.3) is 0 Å². The average Bonchev–Trinajstić information content (AvgIpc) is 2.63. The van der Waals surface area contributed by atoms with Crippen LogP contribution in [0.2, 0.25) is 0 Å². The monoisotopic (exact) mass is 349 g/mol. The number of nitrogens with zero attached hydrogens (tertiary/aromatic N) is 1. The molecule has 0 spiro atoms. The highest BCUT2D eigenvalue weighted by atomic mass is 16.5. The zero-order valence-corrected chi connectivity index (χ0v) is 14.8. The predicted molar refractivity (Wildman–Crippen MR) is 96.8 cm³/mol. The standard InChI is InChI=1S/C22H23NO3/c23-13-16-3-1-15(2-4-16)5-6-21(25)26-14-20(24)22-10-17-7-18(11-22)9-19(8-17)12-22/h1-6,17-19H,7-12,14H2/b6-5+. The maximum atomic E-state index is 12.8. The SMILES string of the molecule is N#Cc1ccc(/C=C/C(=O)OCC(=O)C23CC4CC(CC(C4)C2)C3)cc1. The molecule has 26 heavy (non-hydrogen) atoms.